The largest absolute Gasteiger partial charge is 0.368 e. The van der Waals surface area contributed by atoms with Gasteiger partial charge in [-0.3, -0.25) is 4.79 Å². The zero-order chi connectivity index (χ0) is 15.2. The molecule has 0 unspecified atom stereocenters. The lowest BCUT2D eigenvalue weighted by Gasteiger charge is -2.30. The summed E-state index contributed by atoms with van der Waals surface area (Å²) in [5, 5.41) is 2.09. The predicted octanol–water partition coefficient (Wildman–Crippen LogP) is 2.52. The van der Waals surface area contributed by atoms with Gasteiger partial charge in [0.15, 0.2) is 0 Å². The van der Waals surface area contributed by atoms with Gasteiger partial charge in [-0.1, -0.05) is 0 Å². The third kappa shape index (κ3) is 4.80. The molecule has 0 spiro atoms. The summed E-state index contributed by atoms with van der Waals surface area (Å²) >= 11 is 1.73. The maximum atomic E-state index is 12.7. The molecule has 118 valence electrons. The molecule has 1 aliphatic heterocycles. The third-order valence-corrected chi connectivity index (χ3v) is 4.89. The van der Waals surface area contributed by atoms with Crippen LogP contribution in [-0.4, -0.2) is 55.6 Å². The highest BCUT2D eigenvalue weighted by atomic mass is 32.1. The Kier molecular flexibility index (Phi) is 6.21. The van der Waals surface area contributed by atoms with Gasteiger partial charge in [0.1, 0.15) is 6.10 Å². The fraction of sp³-hybridized carbons (Fsp3) is 0.688. The number of aryl methyl sites for hydroxylation is 1. The summed E-state index contributed by atoms with van der Waals surface area (Å²) in [5.41, 5.74) is 1.27. The number of carbonyl (C=O) groups is 1. The van der Waals surface area contributed by atoms with E-state index in [0.29, 0.717) is 6.54 Å². The SMILES string of the molecule is Cc1ccsc1CN(CCN(C)C)C(=O)[C@H]1CCCCO1. The van der Waals surface area contributed by atoms with Gasteiger partial charge in [0.2, 0.25) is 0 Å². The van der Waals surface area contributed by atoms with E-state index in [4.69, 9.17) is 4.74 Å². The van der Waals surface area contributed by atoms with Gasteiger partial charge in [-0.2, -0.15) is 0 Å². The highest BCUT2D eigenvalue weighted by Gasteiger charge is 2.27. The van der Waals surface area contributed by atoms with Gasteiger partial charge in [-0.05, 0) is 57.3 Å². The topological polar surface area (TPSA) is 32.8 Å². The van der Waals surface area contributed by atoms with Gasteiger partial charge in [0.05, 0.1) is 6.54 Å². The fourth-order valence-electron chi connectivity index (χ4n) is 2.47. The summed E-state index contributed by atoms with van der Waals surface area (Å²) in [5.74, 6) is 0.157. The van der Waals surface area contributed by atoms with Gasteiger partial charge in [-0.15, -0.1) is 11.3 Å². The van der Waals surface area contributed by atoms with E-state index in [1.165, 1.54) is 10.4 Å². The Morgan fingerprint density at radius 1 is 1.38 bits per heavy atom. The number of likely N-dealkylation sites (N-methyl/N-ethyl adjacent to an activating group) is 1. The molecule has 0 bridgehead atoms. The Morgan fingerprint density at radius 3 is 2.76 bits per heavy atom. The van der Waals surface area contributed by atoms with E-state index in [1.54, 1.807) is 11.3 Å². The zero-order valence-corrected chi connectivity index (χ0v) is 14.1. The first-order chi connectivity index (χ1) is 10.1. The maximum Gasteiger partial charge on any atom is 0.252 e. The van der Waals surface area contributed by atoms with Crippen molar-refractivity contribution >= 4 is 17.2 Å². The Labute approximate surface area is 131 Å². The normalized spacial score (nSPS) is 19.0. The van der Waals surface area contributed by atoms with Gasteiger partial charge in [-0.25, -0.2) is 0 Å². The van der Waals surface area contributed by atoms with Crippen LogP contribution >= 0.6 is 11.3 Å². The number of nitrogens with zero attached hydrogens (tertiary/aromatic N) is 2. The molecule has 21 heavy (non-hydrogen) atoms. The van der Waals surface area contributed by atoms with Crippen LogP contribution in [-0.2, 0) is 16.1 Å². The molecule has 4 nitrogen and oxygen atoms in total. The average Bonchev–Trinajstić information content (AvgIpc) is 2.88. The number of rotatable bonds is 6. The summed E-state index contributed by atoms with van der Waals surface area (Å²) in [6.45, 7) is 5.16. The second-order valence-corrected chi connectivity index (χ2v) is 6.95. The lowest BCUT2D eigenvalue weighted by molar-refractivity contribution is -0.147. The van der Waals surface area contributed by atoms with E-state index in [0.717, 1.165) is 39.0 Å². The monoisotopic (exact) mass is 310 g/mol. The highest BCUT2D eigenvalue weighted by molar-refractivity contribution is 7.10. The van der Waals surface area contributed by atoms with Crippen molar-refractivity contribution in [1.29, 1.82) is 0 Å². The number of amides is 1. The van der Waals surface area contributed by atoms with Crippen LogP contribution < -0.4 is 0 Å². The van der Waals surface area contributed by atoms with Crippen molar-refractivity contribution in [3.05, 3.63) is 21.9 Å². The van der Waals surface area contributed by atoms with Crippen molar-refractivity contribution in [2.24, 2.45) is 0 Å². The standard InChI is InChI=1S/C16H26N2O2S/c1-13-7-11-21-15(13)12-18(9-8-17(2)3)16(19)14-6-4-5-10-20-14/h7,11,14H,4-6,8-10,12H2,1-3H3/t14-/m1/s1. The molecule has 1 aliphatic rings. The molecular weight excluding hydrogens is 284 g/mol. The molecule has 1 amide bonds. The summed E-state index contributed by atoms with van der Waals surface area (Å²) in [6, 6.07) is 2.12. The minimum atomic E-state index is -0.235. The van der Waals surface area contributed by atoms with Gasteiger partial charge < -0.3 is 14.5 Å². The first kappa shape index (κ1) is 16.5. The van der Waals surface area contributed by atoms with Crippen LogP contribution in [0.4, 0.5) is 0 Å². The Balaban J connectivity index is 2.03. The molecule has 2 heterocycles. The lowest BCUT2D eigenvalue weighted by atomic mass is 10.1. The van der Waals surface area contributed by atoms with Crippen LogP contribution in [0.3, 0.4) is 0 Å². The summed E-state index contributed by atoms with van der Waals surface area (Å²) in [6.07, 6.45) is 2.79. The molecule has 0 aromatic carbocycles. The van der Waals surface area contributed by atoms with E-state index in [-0.39, 0.29) is 12.0 Å². The number of thiophene rings is 1. The maximum absolute atomic E-state index is 12.7. The first-order valence-corrected chi connectivity index (χ1v) is 8.54. The second-order valence-electron chi connectivity index (χ2n) is 5.95. The molecule has 0 aliphatic carbocycles. The van der Waals surface area contributed by atoms with Crippen LogP contribution in [0.2, 0.25) is 0 Å². The predicted molar refractivity (Wildman–Crippen MR) is 86.6 cm³/mol. The van der Waals surface area contributed by atoms with Crippen molar-refractivity contribution < 1.29 is 9.53 Å². The molecule has 1 aromatic heterocycles. The summed E-state index contributed by atoms with van der Waals surface area (Å²) in [7, 11) is 4.08. The van der Waals surface area contributed by atoms with E-state index < -0.39 is 0 Å². The van der Waals surface area contributed by atoms with Crippen molar-refractivity contribution in [3.8, 4) is 0 Å². The fourth-order valence-corrected chi connectivity index (χ4v) is 3.39. The molecule has 5 heteroatoms. The number of hydrogen-bond donors (Lipinski definition) is 0. The Morgan fingerprint density at radius 2 is 2.19 bits per heavy atom. The molecule has 1 atom stereocenters. The van der Waals surface area contributed by atoms with Crippen LogP contribution in [0.1, 0.15) is 29.7 Å². The quantitative estimate of drug-likeness (QED) is 0.809. The average molecular weight is 310 g/mol. The van der Waals surface area contributed by atoms with Crippen LogP contribution in [0.5, 0.6) is 0 Å². The Bertz CT molecular complexity index is 453. The third-order valence-electron chi connectivity index (χ3n) is 3.89. The molecule has 0 radical (unpaired) electrons. The molecule has 0 N–H and O–H groups in total. The summed E-state index contributed by atoms with van der Waals surface area (Å²) in [4.78, 5) is 18.1. The molecule has 2 rings (SSSR count). The zero-order valence-electron chi connectivity index (χ0n) is 13.3. The lowest BCUT2D eigenvalue weighted by Crippen LogP contribution is -2.44. The summed E-state index contributed by atoms with van der Waals surface area (Å²) < 4.78 is 5.68. The number of hydrogen-bond acceptors (Lipinski definition) is 4. The molecule has 1 saturated heterocycles. The smallest absolute Gasteiger partial charge is 0.252 e. The van der Waals surface area contributed by atoms with Crippen LogP contribution in [0, 0.1) is 6.92 Å². The van der Waals surface area contributed by atoms with E-state index in [9.17, 15) is 4.79 Å². The van der Waals surface area contributed by atoms with E-state index in [1.807, 2.05) is 19.0 Å². The van der Waals surface area contributed by atoms with Crippen molar-refractivity contribution in [3.63, 3.8) is 0 Å². The van der Waals surface area contributed by atoms with Crippen LogP contribution in [0.15, 0.2) is 11.4 Å². The van der Waals surface area contributed by atoms with Crippen molar-refractivity contribution in [2.45, 2.75) is 38.8 Å². The second kappa shape index (κ2) is 7.92. The number of ether oxygens (including phenoxy) is 1. The van der Waals surface area contributed by atoms with Gasteiger partial charge in [0, 0.05) is 24.6 Å². The first-order valence-electron chi connectivity index (χ1n) is 7.66. The molecule has 1 aromatic rings. The number of carbonyl (C=O) groups excluding carboxylic acids is 1. The van der Waals surface area contributed by atoms with E-state index >= 15 is 0 Å². The van der Waals surface area contributed by atoms with E-state index in [2.05, 4.69) is 23.3 Å². The minimum Gasteiger partial charge on any atom is -0.368 e. The van der Waals surface area contributed by atoms with Crippen molar-refractivity contribution in [1.82, 2.24) is 9.80 Å². The minimum absolute atomic E-state index is 0.157. The van der Waals surface area contributed by atoms with Gasteiger partial charge in [0.25, 0.3) is 5.91 Å². The van der Waals surface area contributed by atoms with Crippen molar-refractivity contribution in [2.75, 3.05) is 33.8 Å². The molecular formula is C16H26N2O2S. The highest BCUT2D eigenvalue weighted by Crippen LogP contribution is 2.21. The molecule has 0 saturated carbocycles. The van der Waals surface area contributed by atoms with Crippen LogP contribution in [0.25, 0.3) is 0 Å². The molecule has 1 fully saturated rings. The Hall–Kier alpha value is -0.910. The van der Waals surface area contributed by atoms with Gasteiger partial charge >= 0.3 is 0 Å².